The molecule has 2 aromatic rings. The van der Waals surface area contributed by atoms with Gasteiger partial charge in [-0.3, -0.25) is 4.79 Å². The van der Waals surface area contributed by atoms with Gasteiger partial charge in [-0.25, -0.2) is 13.1 Å². The molecule has 1 heterocycles. The molecule has 2 rings (SSSR count). The van der Waals surface area contributed by atoms with Gasteiger partial charge in [0.1, 0.15) is 0 Å². The molecule has 1 atom stereocenters. The lowest BCUT2D eigenvalue weighted by Crippen LogP contribution is -2.41. The van der Waals surface area contributed by atoms with Crippen LogP contribution in [0, 0.1) is 5.92 Å². The Hall–Kier alpha value is -1.74. The van der Waals surface area contributed by atoms with Crippen molar-refractivity contribution >= 4 is 27.3 Å². The number of thiophene rings is 1. The summed E-state index contributed by atoms with van der Waals surface area (Å²) in [5, 5.41) is 4.78. The molecule has 1 aromatic carbocycles. The molecule has 1 amide bonds. The zero-order chi connectivity index (χ0) is 19.2. The van der Waals surface area contributed by atoms with Crippen LogP contribution in [0.1, 0.15) is 35.5 Å². The summed E-state index contributed by atoms with van der Waals surface area (Å²) in [5.74, 6) is 0.169. The third-order valence-corrected chi connectivity index (χ3v) is 6.11. The maximum atomic E-state index is 12.3. The normalized spacial score (nSPS) is 12.9. The van der Waals surface area contributed by atoms with Crippen LogP contribution >= 0.6 is 11.3 Å². The third-order valence-electron chi connectivity index (χ3n) is 3.82. The Morgan fingerprint density at radius 1 is 1.19 bits per heavy atom. The van der Waals surface area contributed by atoms with Gasteiger partial charge in [0.15, 0.2) is 0 Å². The molecule has 0 radical (unpaired) electrons. The second kappa shape index (κ2) is 9.27. The molecule has 8 heteroatoms. The van der Waals surface area contributed by atoms with E-state index in [1.807, 2.05) is 17.5 Å². The molecular weight excluding hydrogens is 370 g/mol. The number of sulfonamides is 1. The van der Waals surface area contributed by atoms with E-state index in [1.165, 1.54) is 35.6 Å². The van der Waals surface area contributed by atoms with E-state index in [4.69, 9.17) is 5.73 Å². The fourth-order valence-electron chi connectivity index (χ4n) is 2.50. The molecule has 0 aliphatic carbocycles. The van der Waals surface area contributed by atoms with Crippen molar-refractivity contribution in [2.45, 2.75) is 37.8 Å². The highest BCUT2D eigenvalue weighted by Gasteiger charge is 2.17. The first-order chi connectivity index (χ1) is 12.3. The summed E-state index contributed by atoms with van der Waals surface area (Å²) in [6.45, 7) is 4.74. The SMILES string of the molecule is CC(C)CC(CN)NC(=O)c1ccc(S(=O)(=O)NCc2cccs2)cc1. The number of nitrogens with one attached hydrogen (secondary N) is 2. The molecule has 0 spiro atoms. The Kier molecular flexibility index (Phi) is 7.33. The number of nitrogens with two attached hydrogens (primary N) is 1. The van der Waals surface area contributed by atoms with E-state index < -0.39 is 10.0 Å². The van der Waals surface area contributed by atoms with Gasteiger partial charge < -0.3 is 11.1 Å². The Morgan fingerprint density at radius 2 is 1.88 bits per heavy atom. The van der Waals surface area contributed by atoms with Crippen LogP contribution in [0.3, 0.4) is 0 Å². The first-order valence-electron chi connectivity index (χ1n) is 8.45. The van der Waals surface area contributed by atoms with Crippen LogP contribution in [0.2, 0.25) is 0 Å². The van der Waals surface area contributed by atoms with E-state index in [9.17, 15) is 13.2 Å². The minimum absolute atomic E-state index is 0.0987. The van der Waals surface area contributed by atoms with E-state index in [2.05, 4.69) is 23.9 Å². The molecule has 26 heavy (non-hydrogen) atoms. The number of carbonyl (C=O) groups excluding carboxylic acids is 1. The van der Waals surface area contributed by atoms with Gasteiger partial charge in [-0.15, -0.1) is 11.3 Å². The Balaban J connectivity index is 2.01. The number of hydrogen-bond acceptors (Lipinski definition) is 5. The zero-order valence-corrected chi connectivity index (χ0v) is 16.6. The van der Waals surface area contributed by atoms with Crippen LogP contribution in [-0.2, 0) is 16.6 Å². The second-order valence-electron chi connectivity index (χ2n) is 6.46. The van der Waals surface area contributed by atoms with Gasteiger partial charge in [0.25, 0.3) is 5.91 Å². The molecule has 1 aromatic heterocycles. The van der Waals surface area contributed by atoms with Crippen LogP contribution in [0.15, 0.2) is 46.7 Å². The molecule has 0 bridgehead atoms. The fraction of sp³-hybridized carbons (Fsp3) is 0.389. The van der Waals surface area contributed by atoms with Crippen molar-refractivity contribution in [2.24, 2.45) is 11.7 Å². The monoisotopic (exact) mass is 395 g/mol. The number of benzene rings is 1. The number of amides is 1. The summed E-state index contributed by atoms with van der Waals surface area (Å²) in [5.41, 5.74) is 6.11. The number of hydrogen-bond donors (Lipinski definition) is 3. The summed E-state index contributed by atoms with van der Waals surface area (Å²) in [6.07, 6.45) is 0.793. The number of rotatable bonds is 9. The van der Waals surface area contributed by atoms with Crippen LogP contribution in [0.5, 0.6) is 0 Å². The molecule has 1 unspecified atom stereocenters. The van der Waals surface area contributed by atoms with E-state index >= 15 is 0 Å². The minimum atomic E-state index is -3.62. The standard InChI is InChI=1S/C18H25N3O3S2/c1-13(2)10-15(11-19)21-18(22)14-5-7-17(8-6-14)26(23,24)20-12-16-4-3-9-25-16/h3-9,13,15,20H,10-12,19H2,1-2H3,(H,21,22). The third kappa shape index (κ3) is 5.91. The smallest absolute Gasteiger partial charge is 0.251 e. The summed E-state index contributed by atoms with van der Waals surface area (Å²) >= 11 is 1.49. The second-order valence-corrected chi connectivity index (χ2v) is 9.26. The Labute approximate surface area is 158 Å². The Bertz CT molecular complexity index is 801. The van der Waals surface area contributed by atoms with E-state index in [-0.39, 0.29) is 23.4 Å². The summed E-state index contributed by atoms with van der Waals surface area (Å²) in [4.78, 5) is 13.4. The van der Waals surface area contributed by atoms with Gasteiger partial charge in [0, 0.05) is 29.6 Å². The lowest BCUT2D eigenvalue weighted by Gasteiger charge is -2.18. The molecule has 4 N–H and O–H groups in total. The van der Waals surface area contributed by atoms with Crippen LogP contribution < -0.4 is 15.8 Å². The highest BCUT2D eigenvalue weighted by Crippen LogP contribution is 2.14. The molecule has 0 saturated heterocycles. The Morgan fingerprint density at radius 3 is 2.42 bits per heavy atom. The molecule has 0 aliphatic rings. The van der Waals surface area contributed by atoms with Crippen LogP contribution in [-0.4, -0.2) is 26.9 Å². The van der Waals surface area contributed by atoms with Crippen molar-refractivity contribution in [1.82, 2.24) is 10.0 Å². The molecule has 0 aliphatic heterocycles. The van der Waals surface area contributed by atoms with Crippen molar-refractivity contribution in [3.05, 3.63) is 52.2 Å². The van der Waals surface area contributed by atoms with Gasteiger partial charge in [0.2, 0.25) is 10.0 Å². The van der Waals surface area contributed by atoms with Gasteiger partial charge >= 0.3 is 0 Å². The van der Waals surface area contributed by atoms with Crippen molar-refractivity contribution < 1.29 is 13.2 Å². The minimum Gasteiger partial charge on any atom is -0.348 e. The van der Waals surface area contributed by atoms with E-state index in [0.717, 1.165) is 11.3 Å². The maximum absolute atomic E-state index is 12.3. The molecule has 6 nitrogen and oxygen atoms in total. The van der Waals surface area contributed by atoms with Crippen molar-refractivity contribution in [1.29, 1.82) is 0 Å². The topological polar surface area (TPSA) is 101 Å². The van der Waals surface area contributed by atoms with Crippen molar-refractivity contribution in [2.75, 3.05) is 6.54 Å². The van der Waals surface area contributed by atoms with Gasteiger partial charge in [0.05, 0.1) is 4.90 Å². The zero-order valence-electron chi connectivity index (χ0n) is 14.9. The lowest BCUT2D eigenvalue weighted by atomic mass is 10.0. The first-order valence-corrected chi connectivity index (χ1v) is 10.8. The van der Waals surface area contributed by atoms with E-state index in [0.29, 0.717) is 18.0 Å². The molecular formula is C18H25N3O3S2. The van der Waals surface area contributed by atoms with Gasteiger partial charge in [-0.05, 0) is 48.1 Å². The largest absolute Gasteiger partial charge is 0.348 e. The van der Waals surface area contributed by atoms with Gasteiger partial charge in [-0.1, -0.05) is 19.9 Å². The van der Waals surface area contributed by atoms with Gasteiger partial charge in [-0.2, -0.15) is 0 Å². The fourth-order valence-corrected chi connectivity index (χ4v) is 4.24. The predicted octanol–water partition coefficient (Wildman–Crippen LogP) is 2.33. The van der Waals surface area contributed by atoms with Crippen molar-refractivity contribution in [3.63, 3.8) is 0 Å². The highest BCUT2D eigenvalue weighted by atomic mass is 32.2. The summed E-state index contributed by atoms with van der Waals surface area (Å²) in [6, 6.07) is 9.53. The molecule has 0 saturated carbocycles. The average Bonchev–Trinajstić information content (AvgIpc) is 3.12. The first kappa shape index (κ1) is 20.6. The quantitative estimate of drug-likeness (QED) is 0.606. The lowest BCUT2D eigenvalue weighted by molar-refractivity contribution is 0.0933. The number of carbonyl (C=O) groups is 1. The summed E-state index contributed by atoms with van der Waals surface area (Å²) in [7, 11) is -3.62. The molecule has 142 valence electrons. The average molecular weight is 396 g/mol. The summed E-state index contributed by atoms with van der Waals surface area (Å²) < 4.78 is 27.2. The molecule has 0 fully saturated rings. The van der Waals surface area contributed by atoms with Crippen molar-refractivity contribution in [3.8, 4) is 0 Å². The predicted molar refractivity (Wildman–Crippen MR) is 105 cm³/mol. The highest BCUT2D eigenvalue weighted by molar-refractivity contribution is 7.89. The van der Waals surface area contributed by atoms with Crippen LogP contribution in [0.4, 0.5) is 0 Å². The van der Waals surface area contributed by atoms with Crippen LogP contribution in [0.25, 0.3) is 0 Å². The maximum Gasteiger partial charge on any atom is 0.251 e. The van der Waals surface area contributed by atoms with E-state index in [1.54, 1.807) is 0 Å².